The summed E-state index contributed by atoms with van der Waals surface area (Å²) in [4.78, 5) is 13.0. The van der Waals surface area contributed by atoms with Crippen LogP contribution in [0.5, 0.6) is 0 Å². The van der Waals surface area contributed by atoms with Crippen LogP contribution in [0.15, 0.2) is 103 Å². The Hall–Kier alpha value is -4.12. The SMILES string of the molecule is c1ccc2c(c1)CCN(CCc1c(CC(CCc3cc4ccccc4[nH]3)CCN3CCc4ccccc4C3)[nH]c3ccccc13)C2. The molecule has 4 aromatic carbocycles. The first-order valence-electron chi connectivity index (χ1n) is 17.5. The van der Waals surface area contributed by atoms with Crippen LogP contribution in [0.2, 0.25) is 0 Å². The van der Waals surface area contributed by atoms with Crippen molar-refractivity contribution in [2.45, 2.75) is 58.0 Å². The lowest BCUT2D eigenvalue weighted by Crippen LogP contribution is -2.32. The maximum absolute atomic E-state index is 3.93. The summed E-state index contributed by atoms with van der Waals surface area (Å²) >= 11 is 0. The van der Waals surface area contributed by atoms with Gasteiger partial charge in [0.05, 0.1) is 0 Å². The third-order valence-electron chi connectivity index (χ3n) is 10.8. The largest absolute Gasteiger partial charge is 0.358 e. The number of aromatic amines is 2. The van der Waals surface area contributed by atoms with Crippen molar-refractivity contribution in [2.24, 2.45) is 5.92 Å². The predicted molar refractivity (Wildman–Crippen MR) is 191 cm³/mol. The van der Waals surface area contributed by atoms with E-state index in [4.69, 9.17) is 0 Å². The molecule has 0 spiro atoms. The summed E-state index contributed by atoms with van der Waals surface area (Å²) < 4.78 is 0. The molecule has 0 amide bonds. The Morgan fingerprint density at radius 2 is 1.22 bits per heavy atom. The number of rotatable bonds is 11. The van der Waals surface area contributed by atoms with Crippen molar-refractivity contribution < 1.29 is 0 Å². The van der Waals surface area contributed by atoms with Gasteiger partial charge in [-0.3, -0.25) is 9.80 Å². The highest BCUT2D eigenvalue weighted by atomic mass is 15.1. The van der Waals surface area contributed by atoms with Crippen LogP contribution in [-0.2, 0) is 45.2 Å². The van der Waals surface area contributed by atoms with Crippen molar-refractivity contribution in [3.8, 4) is 0 Å². The van der Waals surface area contributed by atoms with Gasteiger partial charge in [-0.1, -0.05) is 84.9 Å². The van der Waals surface area contributed by atoms with Gasteiger partial charge >= 0.3 is 0 Å². The maximum Gasteiger partial charge on any atom is 0.0458 e. The van der Waals surface area contributed by atoms with Gasteiger partial charge in [0, 0.05) is 60.5 Å². The van der Waals surface area contributed by atoms with Crippen LogP contribution < -0.4 is 0 Å². The van der Waals surface area contributed by atoms with Gasteiger partial charge in [-0.05, 0) is 109 Å². The van der Waals surface area contributed by atoms with Crippen LogP contribution in [0, 0.1) is 5.92 Å². The Labute approximate surface area is 273 Å². The van der Waals surface area contributed by atoms with E-state index in [2.05, 4.69) is 123 Å². The average molecular weight is 607 g/mol. The van der Waals surface area contributed by atoms with Crippen molar-refractivity contribution >= 4 is 21.8 Å². The highest BCUT2D eigenvalue weighted by Gasteiger charge is 2.22. The number of benzene rings is 4. The van der Waals surface area contributed by atoms with Crippen molar-refractivity contribution in [3.63, 3.8) is 0 Å². The van der Waals surface area contributed by atoms with E-state index in [9.17, 15) is 0 Å². The van der Waals surface area contributed by atoms with Crippen LogP contribution in [0.1, 0.15) is 52.0 Å². The van der Waals surface area contributed by atoms with Gasteiger partial charge < -0.3 is 9.97 Å². The van der Waals surface area contributed by atoms with Gasteiger partial charge in [-0.15, -0.1) is 0 Å². The average Bonchev–Trinajstić information content (AvgIpc) is 3.68. The van der Waals surface area contributed by atoms with E-state index in [1.54, 1.807) is 0 Å². The van der Waals surface area contributed by atoms with Crippen LogP contribution in [-0.4, -0.2) is 45.9 Å². The highest BCUT2D eigenvalue weighted by molar-refractivity contribution is 5.84. The maximum atomic E-state index is 3.93. The van der Waals surface area contributed by atoms with Crippen molar-refractivity contribution in [3.05, 3.63) is 142 Å². The molecule has 4 heterocycles. The molecule has 2 aliphatic rings. The molecule has 6 aromatic rings. The molecule has 4 nitrogen and oxygen atoms in total. The molecule has 0 saturated carbocycles. The van der Waals surface area contributed by atoms with Crippen molar-refractivity contribution in [2.75, 3.05) is 26.2 Å². The minimum absolute atomic E-state index is 0.609. The van der Waals surface area contributed by atoms with E-state index < -0.39 is 0 Å². The molecular weight excluding hydrogens is 560 g/mol. The van der Waals surface area contributed by atoms with E-state index in [-0.39, 0.29) is 0 Å². The molecule has 0 aliphatic carbocycles. The predicted octanol–water partition coefficient (Wildman–Crippen LogP) is 8.49. The molecule has 0 fully saturated rings. The van der Waals surface area contributed by atoms with Crippen LogP contribution in [0.25, 0.3) is 21.8 Å². The molecule has 4 heteroatoms. The number of para-hydroxylation sites is 2. The van der Waals surface area contributed by atoms with Gasteiger partial charge in [-0.2, -0.15) is 0 Å². The molecule has 2 N–H and O–H groups in total. The van der Waals surface area contributed by atoms with Crippen LogP contribution in [0.3, 0.4) is 0 Å². The Kier molecular flexibility index (Phi) is 8.48. The minimum Gasteiger partial charge on any atom is -0.358 e. The first-order chi connectivity index (χ1) is 22.7. The smallest absolute Gasteiger partial charge is 0.0458 e. The summed E-state index contributed by atoms with van der Waals surface area (Å²) in [6, 6.07) is 38.1. The second kappa shape index (κ2) is 13.3. The van der Waals surface area contributed by atoms with Crippen molar-refractivity contribution in [1.82, 2.24) is 19.8 Å². The molecular formula is C42H46N4. The fourth-order valence-corrected chi connectivity index (χ4v) is 8.11. The Morgan fingerprint density at radius 1 is 0.587 bits per heavy atom. The lowest BCUT2D eigenvalue weighted by Gasteiger charge is -2.30. The Balaban J connectivity index is 1.01. The highest BCUT2D eigenvalue weighted by Crippen LogP contribution is 2.30. The molecule has 2 aliphatic heterocycles. The van der Waals surface area contributed by atoms with E-state index >= 15 is 0 Å². The first kappa shape index (κ1) is 29.3. The third kappa shape index (κ3) is 6.42. The number of hydrogen-bond acceptors (Lipinski definition) is 2. The summed E-state index contributed by atoms with van der Waals surface area (Å²) in [6.45, 7) is 6.75. The molecule has 0 bridgehead atoms. The van der Waals surface area contributed by atoms with E-state index in [1.165, 1.54) is 86.8 Å². The zero-order chi connectivity index (χ0) is 30.7. The molecule has 1 unspecified atom stereocenters. The van der Waals surface area contributed by atoms with Gasteiger partial charge in [0.25, 0.3) is 0 Å². The summed E-state index contributed by atoms with van der Waals surface area (Å²) in [6.07, 6.45) is 8.04. The van der Waals surface area contributed by atoms with Gasteiger partial charge in [0.15, 0.2) is 0 Å². The third-order valence-corrected chi connectivity index (χ3v) is 10.8. The molecule has 1 atom stereocenters. The molecule has 0 saturated heterocycles. The molecule has 234 valence electrons. The summed E-state index contributed by atoms with van der Waals surface area (Å²) in [5, 5.41) is 2.73. The van der Waals surface area contributed by atoms with Crippen LogP contribution in [0.4, 0.5) is 0 Å². The second-order valence-corrected chi connectivity index (χ2v) is 13.7. The van der Waals surface area contributed by atoms with E-state index in [1.807, 2.05) is 0 Å². The summed E-state index contributed by atoms with van der Waals surface area (Å²) in [5.74, 6) is 0.609. The van der Waals surface area contributed by atoms with E-state index in [0.717, 1.165) is 58.4 Å². The number of hydrogen-bond donors (Lipinski definition) is 2. The zero-order valence-corrected chi connectivity index (χ0v) is 27.0. The Bertz CT molecular complexity index is 1900. The molecule has 46 heavy (non-hydrogen) atoms. The fourth-order valence-electron chi connectivity index (χ4n) is 8.11. The normalized spacial score (nSPS) is 16.1. The molecule has 2 aromatic heterocycles. The Morgan fingerprint density at radius 3 is 1.96 bits per heavy atom. The number of aromatic nitrogens is 2. The van der Waals surface area contributed by atoms with Gasteiger partial charge in [0.1, 0.15) is 0 Å². The fraction of sp³-hybridized carbons (Fsp3) is 0.333. The molecule has 8 rings (SSSR count). The number of nitrogens with one attached hydrogen (secondary N) is 2. The van der Waals surface area contributed by atoms with Gasteiger partial charge in [-0.25, -0.2) is 0 Å². The number of H-pyrrole nitrogens is 2. The lowest BCUT2D eigenvalue weighted by molar-refractivity contribution is 0.229. The van der Waals surface area contributed by atoms with E-state index in [0.29, 0.717) is 5.92 Å². The summed E-state index contributed by atoms with van der Waals surface area (Å²) in [5.41, 5.74) is 13.0. The zero-order valence-electron chi connectivity index (χ0n) is 27.0. The number of fused-ring (bicyclic) bond motifs is 4. The standard InChI is InChI=1S/C42H46N4/c1-3-12-35-29-45(24-20-32(35)9-1)23-19-31(17-18-37-28-34-11-5-7-15-40(34)43-37)27-42-39(38-14-6-8-16-41(38)44-42)22-26-46-25-21-33-10-2-4-13-36(33)30-46/h1-16,28,31,43-44H,17-27,29-30H2. The second-order valence-electron chi connectivity index (χ2n) is 13.7. The quantitative estimate of drug-likeness (QED) is 0.155. The minimum atomic E-state index is 0.609. The monoisotopic (exact) mass is 606 g/mol. The van der Waals surface area contributed by atoms with Gasteiger partial charge in [0.2, 0.25) is 0 Å². The van der Waals surface area contributed by atoms with Crippen molar-refractivity contribution in [1.29, 1.82) is 0 Å². The topological polar surface area (TPSA) is 38.1 Å². The summed E-state index contributed by atoms with van der Waals surface area (Å²) in [7, 11) is 0. The number of aryl methyl sites for hydroxylation is 1. The first-order valence-corrected chi connectivity index (χ1v) is 17.5. The lowest BCUT2D eigenvalue weighted by atomic mass is 9.90. The number of nitrogens with zero attached hydrogens (tertiary/aromatic N) is 2. The molecule has 0 radical (unpaired) electrons. The van der Waals surface area contributed by atoms with Crippen LogP contribution >= 0.6 is 0 Å².